The third-order valence-corrected chi connectivity index (χ3v) is 3.44. The first-order valence-electron chi connectivity index (χ1n) is 7.72. The van der Waals surface area contributed by atoms with Crippen molar-refractivity contribution in [3.05, 3.63) is 36.0 Å². The Morgan fingerprint density at radius 2 is 1.96 bits per heavy atom. The maximum atomic E-state index is 12.2. The van der Waals surface area contributed by atoms with Crippen LogP contribution in [-0.2, 0) is 9.59 Å². The smallest absolute Gasteiger partial charge is 0.323 e. The summed E-state index contributed by atoms with van der Waals surface area (Å²) in [7, 11) is 0. The molecule has 1 aromatic heterocycles. The Hall–Kier alpha value is -2.83. The summed E-state index contributed by atoms with van der Waals surface area (Å²) in [4.78, 5) is 39.4. The average Bonchev–Trinajstić information content (AvgIpc) is 2.94. The number of aromatic nitrogens is 1. The molecule has 128 valence electrons. The maximum Gasteiger partial charge on any atom is 0.323 e. The van der Waals surface area contributed by atoms with Crippen LogP contribution < -0.4 is 5.32 Å². The van der Waals surface area contributed by atoms with E-state index in [4.69, 9.17) is 5.11 Å². The second-order valence-corrected chi connectivity index (χ2v) is 6.01. The van der Waals surface area contributed by atoms with E-state index in [-0.39, 0.29) is 19.0 Å². The van der Waals surface area contributed by atoms with Crippen molar-refractivity contribution < 1.29 is 19.5 Å². The van der Waals surface area contributed by atoms with Crippen molar-refractivity contribution in [3.8, 4) is 0 Å². The summed E-state index contributed by atoms with van der Waals surface area (Å²) in [5.41, 5.74) is 1.19. The van der Waals surface area contributed by atoms with Gasteiger partial charge >= 0.3 is 5.97 Å². The number of hydrogen-bond acceptors (Lipinski definition) is 3. The lowest BCUT2D eigenvalue weighted by Gasteiger charge is -2.22. The number of fused-ring (bicyclic) bond motifs is 1. The average molecular weight is 331 g/mol. The Kier molecular flexibility index (Phi) is 5.57. The standard InChI is InChI=1S/C17H21N3O4/c1-11(2)9-20(10-16(22)23)15(21)8-18-17(24)14-7-12-5-3-4-6-13(12)19-14/h3-7,11,19H,8-10H2,1-2H3,(H,18,24)(H,22,23). The van der Waals surface area contributed by atoms with Crippen molar-refractivity contribution in [1.29, 1.82) is 0 Å². The molecule has 1 aromatic carbocycles. The first-order chi connectivity index (χ1) is 11.4. The normalized spacial score (nSPS) is 10.8. The topological polar surface area (TPSA) is 102 Å². The van der Waals surface area contributed by atoms with Gasteiger partial charge in [-0.15, -0.1) is 0 Å². The fourth-order valence-electron chi connectivity index (χ4n) is 2.42. The van der Waals surface area contributed by atoms with Gasteiger partial charge in [-0.05, 0) is 18.1 Å². The third kappa shape index (κ3) is 4.58. The fourth-order valence-corrected chi connectivity index (χ4v) is 2.42. The van der Waals surface area contributed by atoms with Crippen molar-refractivity contribution >= 4 is 28.7 Å². The number of carboxylic acids is 1. The monoisotopic (exact) mass is 331 g/mol. The molecular formula is C17H21N3O4. The van der Waals surface area contributed by atoms with E-state index in [1.54, 1.807) is 6.07 Å². The Labute approximate surface area is 139 Å². The Balaban J connectivity index is 1.98. The van der Waals surface area contributed by atoms with E-state index in [0.717, 1.165) is 10.9 Å². The highest BCUT2D eigenvalue weighted by Crippen LogP contribution is 2.14. The first kappa shape index (κ1) is 17.5. The Bertz CT molecular complexity index is 718. The number of para-hydroxylation sites is 1. The van der Waals surface area contributed by atoms with E-state index >= 15 is 0 Å². The number of carbonyl (C=O) groups excluding carboxylic acids is 2. The van der Waals surface area contributed by atoms with Gasteiger partial charge in [0, 0.05) is 17.4 Å². The van der Waals surface area contributed by atoms with Gasteiger partial charge in [0.25, 0.3) is 5.91 Å². The van der Waals surface area contributed by atoms with Gasteiger partial charge in [0.2, 0.25) is 5.91 Å². The molecule has 7 heteroatoms. The second kappa shape index (κ2) is 7.63. The number of aliphatic carboxylic acids is 1. The Morgan fingerprint density at radius 1 is 1.25 bits per heavy atom. The molecule has 0 saturated heterocycles. The zero-order valence-electron chi connectivity index (χ0n) is 13.7. The summed E-state index contributed by atoms with van der Waals surface area (Å²) in [6.45, 7) is 3.50. The van der Waals surface area contributed by atoms with Crippen LogP contribution in [-0.4, -0.2) is 52.4 Å². The van der Waals surface area contributed by atoms with Crippen LogP contribution in [0.4, 0.5) is 0 Å². The van der Waals surface area contributed by atoms with Gasteiger partial charge in [0.1, 0.15) is 12.2 Å². The molecule has 0 atom stereocenters. The second-order valence-electron chi connectivity index (χ2n) is 6.01. The molecule has 0 radical (unpaired) electrons. The summed E-state index contributed by atoms with van der Waals surface area (Å²) in [5, 5.41) is 12.3. The van der Waals surface area contributed by atoms with E-state index in [9.17, 15) is 14.4 Å². The van der Waals surface area contributed by atoms with Crippen molar-refractivity contribution in [2.45, 2.75) is 13.8 Å². The molecule has 24 heavy (non-hydrogen) atoms. The minimum absolute atomic E-state index is 0.137. The molecule has 7 nitrogen and oxygen atoms in total. The highest BCUT2D eigenvalue weighted by atomic mass is 16.4. The number of aromatic amines is 1. The van der Waals surface area contributed by atoms with E-state index in [1.807, 2.05) is 38.1 Å². The lowest BCUT2D eigenvalue weighted by Crippen LogP contribution is -2.44. The lowest BCUT2D eigenvalue weighted by atomic mass is 10.2. The Morgan fingerprint density at radius 3 is 2.58 bits per heavy atom. The molecule has 0 fully saturated rings. The molecule has 2 rings (SSSR count). The number of nitrogens with zero attached hydrogens (tertiary/aromatic N) is 1. The molecule has 0 aliphatic carbocycles. The lowest BCUT2D eigenvalue weighted by molar-refractivity contribution is -0.144. The summed E-state index contributed by atoms with van der Waals surface area (Å²) < 4.78 is 0. The van der Waals surface area contributed by atoms with E-state index in [0.29, 0.717) is 12.2 Å². The van der Waals surface area contributed by atoms with Crippen molar-refractivity contribution in [1.82, 2.24) is 15.2 Å². The van der Waals surface area contributed by atoms with Gasteiger partial charge in [-0.25, -0.2) is 0 Å². The van der Waals surface area contributed by atoms with Crippen molar-refractivity contribution in [2.75, 3.05) is 19.6 Å². The van der Waals surface area contributed by atoms with Crippen LogP contribution in [0.5, 0.6) is 0 Å². The van der Waals surface area contributed by atoms with Crippen molar-refractivity contribution in [2.24, 2.45) is 5.92 Å². The molecule has 0 aliphatic heterocycles. The molecule has 3 N–H and O–H groups in total. The van der Waals surface area contributed by atoms with Crippen LogP contribution in [0.25, 0.3) is 10.9 Å². The SMILES string of the molecule is CC(C)CN(CC(=O)O)C(=O)CNC(=O)c1cc2ccccc2[nH]1. The van der Waals surface area contributed by atoms with Gasteiger partial charge in [0.15, 0.2) is 0 Å². The number of carbonyl (C=O) groups is 3. The molecule has 2 aromatic rings. The first-order valence-corrected chi connectivity index (χ1v) is 7.72. The van der Waals surface area contributed by atoms with Crippen LogP contribution in [0.3, 0.4) is 0 Å². The van der Waals surface area contributed by atoms with Gasteiger partial charge in [0.05, 0.1) is 6.54 Å². The summed E-state index contributed by atoms with van der Waals surface area (Å²) in [6, 6.07) is 9.18. The number of hydrogen-bond donors (Lipinski definition) is 3. The molecule has 0 spiro atoms. The van der Waals surface area contributed by atoms with Gasteiger partial charge in [-0.1, -0.05) is 32.0 Å². The van der Waals surface area contributed by atoms with E-state index in [2.05, 4.69) is 10.3 Å². The number of rotatable bonds is 7. The number of benzene rings is 1. The van der Waals surface area contributed by atoms with E-state index in [1.165, 1.54) is 4.90 Å². The van der Waals surface area contributed by atoms with Gasteiger partial charge in [-0.2, -0.15) is 0 Å². The fraction of sp³-hybridized carbons (Fsp3) is 0.353. The van der Waals surface area contributed by atoms with Crippen LogP contribution in [0.15, 0.2) is 30.3 Å². The predicted octanol–water partition coefficient (Wildman–Crippen LogP) is 1.47. The molecule has 2 amide bonds. The molecular weight excluding hydrogens is 310 g/mol. The van der Waals surface area contributed by atoms with Crippen LogP contribution in [0, 0.1) is 5.92 Å². The quantitative estimate of drug-likeness (QED) is 0.715. The molecule has 0 bridgehead atoms. The molecule has 0 unspecified atom stereocenters. The largest absolute Gasteiger partial charge is 0.480 e. The summed E-state index contributed by atoms with van der Waals surface area (Å²) >= 11 is 0. The number of nitrogens with one attached hydrogen (secondary N) is 2. The minimum atomic E-state index is -1.08. The highest BCUT2D eigenvalue weighted by Gasteiger charge is 2.19. The maximum absolute atomic E-state index is 12.2. The zero-order valence-corrected chi connectivity index (χ0v) is 13.7. The number of H-pyrrole nitrogens is 1. The van der Waals surface area contributed by atoms with Crippen LogP contribution >= 0.6 is 0 Å². The van der Waals surface area contributed by atoms with Crippen LogP contribution in [0.2, 0.25) is 0 Å². The van der Waals surface area contributed by atoms with E-state index < -0.39 is 17.8 Å². The minimum Gasteiger partial charge on any atom is -0.480 e. The van der Waals surface area contributed by atoms with Crippen molar-refractivity contribution in [3.63, 3.8) is 0 Å². The number of carboxylic acid groups (broad SMARTS) is 1. The summed E-state index contributed by atoms with van der Waals surface area (Å²) in [6.07, 6.45) is 0. The van der Waals surface area contributed by atoms with Gasteiger partial charge < -0.3 is 20.3 Å². The molecule has 0 saturated carbocycles. The number of amides is 2. The van der Waals surface area contributed by atoms with Crippen LogP contribution in [0.1, 0.15) is 24.3 Å². The highest BCUT2D eigenvalue weighted by molar-refractivity contribution is 5.99. The van der Waals surface area contributed by atoms with Gasteiger partial charge in [-0.3, -0.25) is 14.4 Å². The predicted molar refractivity (Wildman–Crippen MR) is 89.7 cm³/mol. The zero-order chi connectivity index (χ0) is 17.7. The third-order valence-electron chi connectivity index (χ3n) is 3.44. The summed E-state index contributed by atoms with van der Waals surface area (Å²) in [5.74, 6) is -1.77. The molecule has 1 heterocycles. The molecule has 0 aliphatic rings.